The smallest absolute Gasteiger partial charge is 0.104 e. The predicted octanol–water partition coefficient (Wildman–Crippen LogP) is 2.65. The molecule has 3 rings (SSSR count). The highest BCUT2D eigenvalue weighted by molar-refractivity contribution is 7.10. The topological polar surface area (TPSA) is 23.5 Å². The molecule has 0 radical (unpaired) electrons. The molecular weight excluding hydrogens is 266 g/mol. The van der Waals surface area contributed by atoms with Gasteiger partial charge in [-0.1, -0.05) is 36.1 Å². The van der Waals surface area contributed by atoms with Gasteiger partial charge in [0.2, 0.25) is 0 Å². The van der Waals surface area contributed by atoms with Crippen LogP contribution in [0.25, 0.3) is 0 Å². The average Bonchev–Trinajstić information content (AvgIpc) is 2.92. The molecule has 0 spiro atoms. The highest BCUT2D eigenvalue weighted by Gasteiger charge is 2.17. The summed E-state index contributed by atoms with van der Waals surface area (Å²) >= 11 is 1.75. The van der Waals surface area contributed by atoms with E-state index in [0.29, 0.717) is 0 Å². The van der Waals surface area contributed by atoms with E-state index in [1.54, 1.807) is 11.3 Å². The Morgan fingerprint density at radius 1 is 1.20 bits per heavy atom. The van der Waals surface area contributed by atoms with Crippen molar-refractivity contribution in [1.29, 1.82) is 0 Å². The van der Waals surface area contributed by atoms with Crippen molar-refractivity contribution in [2.45, 2.75) is 19.5 Å². The first-order valence-electron chi connectivity index (χ1n) is 6.82. The summed E-state index contributed by atoms with van der Waals surface area (Å²) in [6.07, 6.45) is 1.12. The zero-order valence-electron chi connectivity index (χ0n) is 11.3. The quantitative estimate of drug-likeness (QED) is 0.857. The average molecular weight is 283 g/mol. The van der Waals surface area contributed by atoms with Gasteiger partial charge in [0, 0.05) is 30.1 Å². The van der Waals surface area contributed by atoms with E-state index in [0.717, 1.165) is 31.6 Å². The third kappa shape index (κ3) is 2.94. The van der Waals surface area contributed by atoms with Crippen molar-refractivity contribution in [3.8, 4) is 11.8 Å². The van der Waals surface area contributed by atoms with E-state index in [1.165, 1.54) is 16.0 Å². The number of aliphatic hydroxyl groups excluding tert-OH is 1. The Balaban J connectivity index is 1.72. The van der Waals surface area contributed by atoms with Crippen LogP contribution in [0.15, 0.2) is 35.7 Å². The summed E-state index contributed by atoms with van der Waals surface area (Å²) in [5.41, 5.74) is 3.98. The van der Waals surface area contributed by atoms with Crippen LogP contribution >= 0.6 is 11.3 Å². The lowest BCUT2D eigenvalue weighted by Crippen LogP contribution is -2.29. The van der Waals surface area contributed by atoms with E-state index in [-0.39, 0.29) is 6.61 Å². The van der Waals surface area contributed by atoms with Crippen LogP contribution in [-0.4, -0.2) is 23.2 Å². The Hall–Kier alpha value is -1.60. The summed E-state index contributed by atoms with van der Waals surface area (Å²) in [4.78, 5) is 3.77. The first kappa shape index (κ1) is 13.4. The first-order valence-corrected chi connectivity index (χ1v) is 7.70. The third-order valence-corrected chi connectivity index (χ3v) is 4.53. The molecule has 2 aromatic rings. The molecule has 2 heterocycles. The van der Waals surface area contributed by atoms with Gasteiger partial charge in [0.05, 0.1) is 0 Å². The molecule has 0 amide bonds. The zero-order valence-corrected chi connectivity index (χ0v) is 12.1. The van der Waals surface area contributed by atoms with Crippen LogP contribution in [0.5, 0.6) is 0 Å². The molecule has 0 aliphatic carbocycles. The van der Waals surface area contributed by atoms with Gasteiger partial charge in [0.25, 0.3) is 0 Å². The molecule has 0 saturated heterocycles. The molecule has 3 heteroatoms. The number of nitrogens with zero attached hydrogens (tertiary/aromatic N) is 1. The number of fused-ring (bicyclic) bond motifs is 1. The number of rotatable bonds is 2. The van der Waals surface area contributed by atoms with Crippen molar-refractivity contribution in [3.63, 3.8) is 0 Å². The van der Waals surface area contributed by atoms with E-state index in [1.807, 2.05) is 6.07 Å². The zero-order chi connectivity index (χ0) is 13.8. The molecule has 0 bridgehead atoms. The molecule has 0 unspecified atom stereocenters. The van der Waals surface area contributed by atoms with Gasteiger partial charge in [-0.2, -0.15) is 0 Å². The monoisotopic (exact) mass is 283 g/mol. The van der Waals surface area contributed by atoms with E-state index < -0.39 is 0 Å². The van der Waals surface area contributed by atoms with Gasteiger partial charge in [-0.05, 0) is 29.0 Å². The minimum atomic E-state index is -0.0770. The predicted molar refractivity (Wildman–Crippen MR) is 82.5 cm³/mol. The van der Waals surface area contributed by atoms with Crippen molar-refractivity contribution in [1.82, 2.24) is 4.90 Å². The van der Waals surface area contributed by atoms with Crippen molar-refractivity contribution in [2.24, 2.45) is 0 Å². The summed E-state index contributed by atoms with van der Waals surface area (Å²) < 4.78 is 0. The molecule has 1 aromatic carbocycles. The summed E-state index contributed by atoms with van der Waals surface area (Å²) in [6.45, 7) is 2.98. The van der Waals surface area contributed by atoms with E-state index in [4.69, 9.17) is 5.11 Å². The normalized spacial score (nSPS) is 14.4. The number of thiophene rings is 1. The molecular formula is C17H17NOS. The Labute approximate surface area is 123 Å². The molecule has 0 fully saturated rings. The summed E-state index contributed by atoms with van der Waals surface area (Å²) in [5.74, 6) is 5.77. The minimum Gasteiger partial charge on any atom is -0.384 e. The standard InChI is InChI=1S/C17H17NOS/c19-10-3-6-15-8-11-20-17(15)13-18-9-7-14-4-1-2-5-16(14)12-18/h1-2,4-5,8,11,19H,7,9-10,12-13H2. The molecule has 20 heavy (non-hydrogen) atoms. The highest BCUT2D eigenvalue weighted by Crippen LogP contribution is 2.23. The highest BCUT2D eigenvalue weighted by atomic mass is 32.1. The fourth-order valence-corrected chi connectivity index (χ4v) is 3.47. The van der Waals surface area contributed by atoms with Crippen LogP contribution in [0.1, 0.15) is 21.6 Å². The SMILES string of the molecule is OCC#Cc1ccsc1CN1CCc2ccccc2C1. The van der Waals surface area contributed by atoms with E-state index in [9.17, 15) is 0 Å². The maximum Gasteiger partial charge on any atom is 0.104 e. The van der Waals surface area contributed by atoms with Gasteiger partial charge in [0.1, 0.15) is 6.61 Å². The van der Waals surface area contributed by atoms with E-state index >= 15 is 0 Å². The van der Waals surface area contributed by atoms with Crippen LogP contribution in [0, 0.1) is 11.8 Å². The Morgan fingerprint density at radius 2 is 2.05 bits per heavy atom. The molecule has 1 aliphatic heterocycles. The number of hydrogen-bond acceptors (Lipinski definition) is 3. The van der Waals surface area contributed by atoms with Gasteiger partial charge in [0.15, 0.2) is 0 Å². The van der Waals surface area contributed by atoms with Crippen LogP contribution in [0.3, 0.4) is 0 Å². The van der Waals surface area contributed by atoms with Gasteiger partial charge < -0.3 is 5.11 Å². The number of benzene rings is 1. The van der Waals surface area contributed by atoms with Gasteiger partial charge >= 0.3 is 0 Å². The largest absolute Gasteiger partial charge is 0.384 e. The van der Waals surface area contributed by atoms with Gasteiger partial charge in [-0.15, -0.1) is 11.3 Å². The lowest BCUT2D eigenvalue weighted by Gasteiger charge is -2.28. The van der Waals surface area contributed by atoms with Crippen LogP contribution < -0.4 is 0 Å². The minimum absolute atomic E-state index is 0.0770. The molecule has 2 nitrogen and oxygen atoms in total. The number of aliphatic hydroxyl groups is 1. The maximum absolute atomic E-state index is 8.81. The molecule has 1 aliphatic rings. The fourth-order valence-electron chi connectivity index (χ4n) is 2.60. The lowest BCUT2D eigenvalue weighted by atomic mass is 10.00. The Morgan fingerprint density at radius 3 is 2.90 bits per heavy atom. The van der Waals surface area contributed by atoms with Crippen LogP contribution in [0.2, 0.25) is 0 Å². The third-order valence-electron chi connectivity index (χ3n) is 3.62. The van der Waals surface area contributed by atoms with Gasteiger partial charge in [-0.3, -0.25) is 4.90 Å². The molecule has 0 saturated carbocycles. The number of hydrogen-bond donors (Lipinski definition) is 1. The summed E-state index contributed by atoms with van der Waals surface area (Å²) in [7, 11) is 0. The Bertz CT molecular complexity index is 650. The van der Waals surface area contributed by atoms with Gasteiger partial charge in [-0.25, -0.2) is 0 Å². The van der Waals surface area contributed by atoms with Crippen LogP contribution in [0.4, 0.5) is 0 Å². The summed E-state index contributed by atoms with van der Waals surface area (Å²) in [6, 6.07) is 10.7. The molecule has 102 valence electrons. The molecule has 1 N–H and O–H groups in total. The molecule has 1 aromatic heterocycles. The van der Waals surface area contributed by atoms with Crippen LogP contribution in [-0.2, 0) is 19.5 Å². The van der Waals surface area contributed by atoms with Crippen molar-refractivity contribution < 1.29 is 5.11 Å². The Kier molecular flexibility index (Phi) is 4.17. The molecule has 0 atom stereocenters. The second kappa shape index (κ2) is 6.23. The second-order valence-corrected chi connectivity index (χ2v) is 5.95. The summed E-state index contributed by atoms with van der Waals surface area (Å²) in [5, 5.41) is 10.9. The lowest BCUT2D eigenvalue weighted by molar-refractivity contribution is 0.247. The van der Waals surface area contributed by atoms with Crippen molar-refractivity contribution in [3.05, 3.63) is 57.3 Å². The van der Waals surface area contributed by atoms with E-state index in [2.05, 4.69) is 46.4 Å². The second-order valence-electron chi connectivity index (χ2n) is 4.95. The first-order chi connectivity index (χ1) is 9.86. The maximum atomic E-state index is 8.81. The fraction of sp³-hybridized carbons (Fsp3) is 0.294. The van der Waals surface area contributed by atoms with Crippen molar-refractivity contribution in [2.75, 3.05) is 13.2 Å². The van der Waals surface area contributed by atoms with Crippen molar-refractivity contribution >= 4 is 11.3 Å².